The number of methoxy groups -OCH3 is 3. The Morgan fingerprint density at radius 2 is 1.65 bits per heavy atom. The van der Waals surface area contributed by atoms with Crippen LogP contribution in [-0.4, -0.2) is 63.2 Å². The van der Waals surface area contributed by atoms with Crippen molar-refractivity contribution in [3.05, 3.63) is 57.6 Å². The number of nitro benzene ring substituents is 1. The standard InChI is InChI=1S/C25H29N3O6/c1-32-19-15-22(33-2)24(23(16-19)34-3)17-8-12-27(13-9-17)25(29)18-6-7-20(21(14-18)28(30)31)26-10-4-5-11-26/h6-8,14-16H,4-5,9-13H2,1-3H3. The molecule has 4 rings (SSSR count). The van der Waals surface area contributed by atoms with Crippen LogP contribution in [0.1, 0.15) is 35.2 Å². The van der Waals surface area contributed by atoms with Crippen molar-refractivity contribution in [3.8, 4) is 17.2 Å². The maximum Gasteiger partial charge on any atom is 0.293 e. The van der Waals surface area contributed by atoms with E-state index in [4.69, 9.17) is 14.2 Å². The summed E-state index contributed by atoms with van der Waals surface area (Å²) in [6.45, 7) is 2.46. The van der Waals surface area contributed by atoms with E-state index in [0.717, 1.165) is 37.1 Å². The molecule has 180 valence electrons. The van der Waals surface area contributed by atoms with E-state index < -0.39 is 4.92 Å². The van der Waals surface area contributed by atoms with E-state index in [0.29, 0.717) is 48.0 Å². The van der Waals surface area contributed by atoms with Crippen molar-refractivity contribution in [1.82, 2.24) is 4.90 Å². The van der Waals surface area contributed by atoms with Gasteiger partial charge in [-0.15, -0.1) is 0 Å². The van der Waals surface area contributed by atoms with Gasteiger partial charge in [0.25, 0.3) is 11.6 Å². The van der Waals surface area contributed by atoms with Crippen LogP contribution in [0.5, 0.6) is 17.2 Å². The van der Waals surface area contributed by atoms with E-state index in [-0.39, 0.29) is 11.6 Å². The first-order valence-electron chi connectivity index (χ1n) is 11.3. The Bertz CT molecular complexity index is 1100. The van der Waals surface area contributed by atoms with Crippen molar-refractivity contribution in [2.75, 3.05) is 52.4 Å². The first-order chi connectivity index (χ1) is 16.5. The van der Waals surface area contributed by atoms with Gasteiger partial charge >= 0.3 is 0 Å². The van der Waals surface area contributed by atoms with E-state index in [1.807, 2.05) is 11.0 Å². The second kappa shape index (κ2) is 10.0. The quantitative estimate of drug-likeness (QED) is 0.446. The van der Waals surface area contributed by atoms with Gasteiger partial charge in [0.05, 0.1) is 31.8 Å². The molecule has 0 unspecified atom stereocenters. The third-order valence-corrected chi connectivity index (χ3v) is 6.40. The van der Waals surface area contributed by atoms with E-state index in [1.54, 1.807) is 50.5 Å². The molecule has 2 aromatic carbocycles. The van der Waals surface area contributed by atoms with Crippen LogP contribution in [0, 0.1) is 10.1 Å². The summed E-state index contributed by atoms with van der Waals surface area (Å²) in [5, 5.41) is 11.7. The Morgan fingerprint density at radius 1 is 0.971 bits per heavy atom. The molecule has 1 amide bonds. The Labute approximate surface area is 198 Å². The van der Waals surface area contributed by atoms with E-state index >= 15 is 0 Å². The number of carbonyl (C=O) groups excluding carboxylic acids is 1. The lowest BCUT2D eigenvalue weighted by atomic mass is 9.96. The zero-order valence-electron chi connectivity index (χ0n) is 19.7. The average molecular weight is 468 g/mol. The SMILES string of the molecule is COc1cc(OC)c(C2=CCN(C(=O)c3ccc(N4CCCC4)c([N+](=O)[O-])c3)CC2)c(OC)c1. The molecule has 2 aromatic rings. The molecule has 0 saturated carbocycles. The number of carbonyl (C=O) groups is 1. The lowest BCUT2D eigenvalue weighted by molar-refractivity contribution is -0.384. The maximum atomic E-state index is 13.2. The predicted molar refractivity (Wildman–Crippen MR) is 129 cm³/mol. The van der Waals surface area contributed by atoms with E-state index in [1.165, 1.54) is 6.07 Å². The van der Waals surface area contributed by atoms with Gasteiger partial charge in [-0.2, -0.15) is 0 Å². The molecular formula is C25H29N3O6. The molecule has 0 atom stereocenters. The molecule has 0 radical (unpaired) electrons. The minimum absolute atomic E-state index is 0.0197. The van der Waals surface area contributed by atoms with Crippen molar-refractivity contribution in [3.63, 3.8) is 0 Å². The molecule has 2 heterocycles. The summed E-state index contributed by atoms with van der Waals surface area (Å²) in [6.07, 6.45) is 4.61. The van der Waals surface area contributed by atoms with Crippen LogP contribution in [0.4, 0.5) is 11.4 Å². The van der Waals surface area contributed by atoms with Crippen LogP contribution < -0.4 is 19.1 Å². The van der Waals surface area contributed by atoms with Crippen LogP contribution >= 0.6 is 0 Å². The molecule has 0 N–H and O–H groups in total. The average Bonchev–Trinajstić information content (AvgIpc) is 3.42. The Kier molecular flexibility index (Phi) is 6.90. The summed E-state index contributed by atoms with van der Waals surface area (Å²) in [4.78, 5) is 28.2. The molecule has 1 saturated heterocycles. The summed E-state index contributed by atoms with van der Waals surface area (Å²) in [6, 6.07) is 8.41. The van der Waals surface area contributed by atoms with Crippen LogP contribution in [-0.2, 0) is 0 Å². The summed E-state index contributed by atoms with van der Waals surface area (Å²) in [5.41, 5.74) is 2.73. The molecule has 0 aromatic heterocycles. The molecule has 9 nitrogen and oxygen atoms in total. The summed E-state index contributed by atoms with van der Waals surface area (Å²) >= 11 is 0. The molecule has 2 aliphatic heterocycles. The normalized spacial score (nSPS) is 15.7. The Balaban J connectivity index is 1.57. The van der Waals surface area contributed by atoms with Gasteiger partial charge in [0, 0.05) is 49.9 Å². The highest BCUT2D eigenvalue weighted by Gasteiger charge is 2.27. The number of anilines is 1. The van der Waals surface area contributed by atoms with Crippen LogP contribution in [0.15, 0.2) is 36.4 Å². The van der Waals surface area contributed by atoms with Gasteiger partial charge in [0.2, 0.25) is 0 Å². The Hall–Kier alpha value is -3.75. The van der Waals surface area contributed by atoms with Crippen molar-refractivity contribution in [2.45, 2.75) is 19.3 Å². The van der Waals surface area contributed by atoms with E-state index in [2.05, 4.69) is 0 Å². The second-order valence-corrected chi connectivity index (χ2v) is 8.29. The number of amides is 1. The summed E-state index contributed by atoms with van der Waals surface area (Å²) in [7, 11) is 4.77. The molecule has 34 heavy (non-hydrogen) atoms. The van der Waals surface area contributed by atoms with Crippen molar-refractivity contribution in [1.29, 1.82) is 0 Å². The molecule has 0 aliphatic carbocycles. The number of hydrogen-bond donors (Lipinski definition) is 0. The summed E-state index contributed by atoms with van der Waals surface area (Å²) < 4.78 is 16.5. The Morgan fingerprint density at radius 3 is 2.18 bits per heavy atom. The first kappa shape index (κ1) is 23.4. The minimum Gasteiger partial charge on any atom is -0.496 e. The zero-order valence-corrected chi connectivity index (χ0v) is 19.7. The van der Waals surface area contributed by atoms with E-state index in [9.17, 15) is 14.9 Å². The minimum atomic E-state index is -0.402. The lowest BCUT2D eigenvalue weighted by Gasteiger charge is -2.28. The van der Waals surface area contributed by atoms with Crippen molar-refractivity contribution >= 4 is 22.9 Å². The number of benzene rings is 2. The molecule has 0 bridgehead atoms. The molecule has 0 spiro atoms. The third kappa shape index (κ3) is 4.50. The smallest absolute Gasteiger partial charge is 0.293 e. The third-order valence-electron chi connectivity index (χ3n) is 6.40. The molecular weight excluding hydrogens is 438 g/mol. The first-order valence-corrected chi connectivity index (χ1v) is 11.3. The zero-order chi connectivity index (χ0) is 24.2. The van der Waals surface area contributed by atoms with Gasteiger partial charge < -0.3 is 24.0 Å². The predicted octanol–water partition coefficient (Wildman–Crippen LogP) is 4.15. The van der Waals surface area contributed by atoms with Crippen molar-refractivity contribution in [2.24, 2.45) is 0 Å². The fourth-order valence-corrected chi connectivity index (χ4v) is 4.61. The second-order valence-electron chi connectivity index (χ2n) is 8.29. The fourth-order valence-electron chi connectivity index (χ4n) is 4.61. The van der Waals surface area contributed by atoms with Gasteiger partial charge in [-0.1, -0.05) is 6.08 Å². The monoisotopic (exact) mass is 467 g/mol. The highest BCUT2D eigenvalue weighted by Crippen LogP contribution is 2.41. The maximum absolute atomic E-state index is 13.2. The van der Waals surface area contributed by atoms with Gasteiger partial charge in [-0.05, 0) is 37.0 Å². The van der Waals surface area contributed by atoms with Crippen LogP contribution in [0.2, 0.25) is 0 Å². The fraction of sp³-hybridized carbons (Fsp3) is 0.400. The summed E-state index contributed by atoms with van der Waals surface area (Å²) in [5.74, 6) is 1.68. The number of nitrogens with zero attached hydrogens (tertiary/aromatic N) is 3. The van der Waals surface area contributed by atoms with Crippen LogP contribution in [0.25, 0.3) is 5.57 Å². The molecule has 2 aliphatic rings. The molecule has 1 fully saturated rings. The lowest BCUT2D eigenvalue weighted by Crippen LogP contribution is -2.34. The largest absolute Gasteiger partial charge is 0.496 e. The van der Waals surface area contributed by atoms with Crippen molar-refractivity contribution < 1.29 is 23.9 Å². The van der Waals surface area contributed by atoms with Gasteiger partial charge in [-0.25, -0.2) is 0 Å². The number of nitro groups is 1. The van der Waals surface area contributed by atoms with Crippen LogP contribution in [0.3, 0.4) is 0 Å². The topological polar surface area (TPSA) is 94.4 Å². The number of ether oxygens (including phenoxy) is 3. The van der Waals surface area contributed by atoms with Gasteiger partial charge in [0.15, 0.2) is 0 Å². The number of hydrogen-bond acceptors (Lipinski definition) is 7. The highest BCUT2D eigenvalue weighted by atomic mass is 16.6. The number of rotatable bonds is 7. The van der Waals surface area contributed by atoms with Gasteiger partial charge in [-0.3, -0.25) is 14.9 Å². The highest BCUT2D eigenvalue weighted by molar-refractivity contribution is 5.96. The van der Waals surface area contributed by atoms with Gasteiger partial charge in [0.1, 0.15) is 22.9 Å². The molecule has 9 heteroatoms.